The predicted molar refractivity (Wildman–Crippen MR) is 225 cm³/mol. The fourth-order valence-electron chi connectivity index (χ4n) is 9.31. The number of aromatic nitrogens is 4. The van der Waals surface area contributed by atoms with E-state index in [0.717, 1.165) is 72.7 Å². The van der Waals surface area contributed by atoms with Gasteiger partial charge in [-0.2, -0.15) is 0 Å². The number of pyridine rings is 1. The molecule has 2 saturated carbocycles. The molecule has 1 N–H and O–H groups in total. The van der Waals surface area contributed by atoms with Crippen LogP contribution >= 0.6 is 0 Å². The van der Waals surface area contributed by atoms with Crippen molar-refractivity contribution in [1.29, 1.82) is 0 Å². The van der Waals surface area contributed by atoms with E-state index in [4.69, 9.17) is 19.6 Å². The second kappa shape index (κ2) is 15.1. The zero-order valence-corrected chi connectivity index (χ0v) is 34.6. The van der Waals surface area contributed by atoms with E-state index in [0.29, 0.717) is 42.3 Å². The largest absolute Gasteiger partial charge is 0.497 e. The average molecular weight is 801 g/mol. The summed E-state index contributed by atoms with van der Waals surface area (Å²) in [5.74, 6) is 1.71. The van der Waals surface area contributed by atoms with Crippen molar-refractivity contribution < 1.29 is 23.5 Å². The normalized spacial score (nSPS) is 19.7. The number of piperidine rings is 1. The molecule has 5 heterocycles. The second-order valence-electron chi connectivity index (χ2n) is 18.0. The third kappa shape index (κ3) is 7.91. The summed E-state index contributed by atoms with van der Waals surface area (Å²) in [4.78, 5) is 41.8. The lowest BCUT2D eigenvalue weighted by Gasteiger charge is -2.52. The van der Waals surface area contributed by atoms with Gasteiger partial charge >= 0.3 is 6.09 Å². The number of amides is 2. The Morgan fingerprint density at radius 3 is 2.41 bits per heavy atom. The highest BCUT2D eigenvalue weighted by atomic mass is 19.1. The van der Waals surface area contributed by atoms with Crippen LogP contribution in [-0.4, -0.2) is 88.1 Å². The van der Waals surface area contributed by atoms with E-state index >= 15 is 0 Å². The van der Waals surface area contributed by atoms with Crippen LogP contribution in [0.25, 0.3) is 16.9 Å². The molecule has 0 radical (unpaired) electrons. The first kappa shape index (κ1) is 38.8. The van der Waals surface area contributed by atoms with E-state index in [9.17, 15) is 14.0 Å². The summed E-state index contributed by atoms with van der Waals surface area (Å²) in [6.07, 6.45) is 8.96. The first-order chi connectivity index (χ1) is 28.3. The van der Waals surface area contributed by atoms with Crippen molar-refractivity contribution in [2.75, 3.05) is 43.6 Å². The summed E-state index contributed by atoms with van der Waals surface area (Å²) < 4.78 is 26.4. The summed E-state index contributed by atoms with van der Waals surface area (Å²) in [6.45, 7) is 8.58. The highest BCUT2D eigenvalue weighted by molar-refractivity contribution is 5.94. The highest BCUT2D eigenvalue weighted by Crippen LogP contribution is 2.53. The maximum Gasteiger partial charge on any atom is 0.410 e. The van der Waals surface area contributed by atoms with Crippen molar-refractivity contribution in [1.82, 2.24) is 29.8 Å². The van der Waals surface area contributed by atoms with Crippen LogP contribution in [-0.2, 0) is 24.1 Å². The van der Waals surface area contributed by atoms with Crippen LogP contribution in [0, 0.1) is 11.3 Å². The van der Waals surface area contributed by atoms with Gasteiger partial charge in [0.05, 0.1) is 30.7 Å². The fraction of sp³-hybridized carbons (Fsp3) is 0.457. The lowest BCUT2D eigenvalue weighted by Crippen LogP contribution is -2.50. The summed E-state index contributed by atoms with van der Waals surface area (Å²) in [7, 11) is 3.65. The average Bonchev–Trinajstić information content (AvgIpc) is 3.53. The van der Waals surface area contributed by atoms with Gasteiger partial charge in [0.15, 0.2) is 17.2 Å². The topological polar surface area (TPSA) is 117 Å². The minimum absolute atomic E-state index is 0.194. The number of likely N-dealkylation sites (tertiary alicyclic amines) is 1. The number of halogens is 1. The Labute approximate surface area is 344 Å². The number of hydrogen-bond acceptors (Lipinski definition) is 9. The molecular weight excluding hydrogens is 748 g/mol. The predicted octanol–water partition coefficient (Wildman–Crippen LogP) is 7.94. The third-order valence-electron chi connectivity index (χ3n) is 12.5. The molecule has 1 spiro atoms. The van der Waals surface area contributed by atoms with Gasteiger partial charge in [-0.05, 0) is 112 Å². The van der Waals surface area contributed by atoms with Crippen LogP contribution in [0.2, 0.25) is 0 Å². The first-order valence-corrected chi connectivity index (χ1v) is 20.9. The third-order valence-corrected chi connectivity index (χ3v) is 12.5. The maximum absolute atomic E-state index is 13.8. The number of nitrogens with one attached hydrogen (secondary N) is 1. The number of carbonyl (C=O) groups is 2. The van der Waals surface area contributed by atoms with E-state index in [1.807, 2.05) is 69.2 Å². The van der Waals surface area contributed by atoms with Crippen molar-refractivity contribution >= 4 is 34.8 Å². The lowest BCUT2D eigenvalue weighted by atomic mass is 9.56. The summed E-state index contributed by atoms with van der Waals surface area (Å²) in [5, 5.41) is 7.81. The van der Waals surface area contributed by atoms with Gasteiger partial charge in [0.2, 0.25) is 0 Å². The van der Waals surface area contributed by atoms with Gasteiger partial charge in [0.25, 0.3) is 5.91 Å². The molecule has 13 heteroatoms. The summed E-state index contributed by atoms with van der Waals surface area (Å²) >= 11 is 0. The van der Waals surface area contributed by atoms with Gasteiger partial charge in [-0.3, -0.25) is 9.78 Å². The van der Waals surface area contributed by atoms with Crippen LogP contribution in [0.1, 0.15) is 80.1 Å². The van der Waals surface area contributed by atoms with Crippen LogP contribution in [0.3, 0.4) is 0 Å². The quantitative estimate of drug-likeness (QED) is 0.150. The molecule has 2 aliphatic heterocycles. The Bertz CT molecular complexity index is 2360. The number of carbonyl (C=O) groups excluding carboxylic acids is 2. The molecule has 3 fully saturated rings. The Kier molecular flexibility index (Phi) is 9.95. The second-order valence-corrected chi connectivity index (χ2v) is 18.0. The van der Waals surface area contributed by atoms with Crippen molar-refractivity contribution in [3.8, 4) is 17.0 Å². The number of hydrogen-bond donors (Lipinski definition) is 1. The lowest BCUT2D eigenvalue weighted by molar-refractivity contribution is -0.0270. The number of ether oxygens (including phenoxy) is 2. The summed E-state index contributed by atoms with van der Waals surface area (Å²) in [5.41, 5.74) is 8.11. The fourth-order valence-corrected chi connectivity index (χ4v) is 9.31. The van der Waals surface area contributed by atoms with E-state index in [2.05, 4.69) is 50.4 Å². The number of fused-ring (bicyclic) bond motifs is 2. The van der Waals surface area contributed by atoms with Crippen LogP contribution in [0.5, 0.6) is 5.75 Å². The number of rotatable bonds is 10. The van der Waals surface area contributed by atoms with Crippen LogP contribution in [0.4, 0.5) is 26.4 Å². The molecule has 2 aromatic carbocycles. The van der Waals surface area contributed by atoms with E-state index in [1.54, 1.807) is 11.6 Å². The molecular formula is C46H53FN8O4. The number of nitrogens with zero attached hydrogens (tertiary/aromatic N) is 7. The number of anilines is 3. The van der Waals surface area contributed by atoms with Gasteiger partial charge in [-0.1, -0.05) is 30.3 Å². The molecule has 0 bridgehead atoms. The van der Waals surface area contributed by atoms with E-state index in [1.165, 1.54) is 30.2 Å². The van der Waals surface area contributed by atoms with Crippen LogP contribution < -0.4 is 19.9 Å². The molecule has 308 valence electrons. The molecule has 0 unspecified atom stereocenters. The van der Waals surface area contributed by atoms with Crippen molar-refractivity contribution in [2.45, 2.75) is 90.1 Å². The Morgan fingerprint density at radius 1 is 0.983 bits per heavy atom. The van der Waals surface area contributed by atoms with Crippen molar-refractivity contribution in [3.63, 3.8) is 0 Å². The zero-order valence-electron chi connectivity index (χ0n) is 34.6. The first-order valence-electron chi connectivity index (χ1n) is 20.9. The molecule has 3 aromatic heterocycles. The molecule has 12 nitrogen and oxygen atoms in total. The van der Waals surface area contributed by atoms with Crippen molar-refractivity contribution in [2.24, 2.45) is 11.3 Å². The molecule has 5 aromatic rings. The molecule has 2 amide bonds. The monoisotopic (exact) mass is 800 g/mol. The summed E-state index contributed by atoms with van der Waals surface area (Å²) in [6, 6.07) is 20.2. The molecule has 9 rings (SSSR count). The van der Waals surface area contributed by atoms with Gasteiger partial charge < -0.3 is 29.5 Å². The molecule has 2 aliphatic carbocycles. The molecule has 1 saturated heterocycles. The minimum atomic E-state index is -1.02. The van der Waals surface area contributed by atoms with E-state index < -0.39 is 23.7 Å². The minimum Gasteiger partial charge on any atom is -0.497 e. The number of benzene rings is 2. The smallest absolute Gasteiger partial charge is 0.410 e. The standard InChI is InChI=1S/C46H53FN8O4/c1-45(2,3)59-44(57)53-19-16-46(17-20-53)24-31(25-46)21-30-11-14-36(48-26-30)33-7-6-8-38-34(33)15-18-54(38)41-23-39(52(4)28-29-9-12-32(58-5)13-10-29)42-49-27-40(55(42)51-41)43(56)50-37-22-35(37)47/h6-14,23,26-27,31,35,37H,15-22,24-25,28H2,1-5H3,(H,50,56)/t35-,37+/m0/s1. The SMILES string of the molecule is COc1ccc(CN(C)c2cc(N3CCc4c(-c5ccc(CC6CC7(CCN(C(=O)OC(C)(C)C)CC7)C6)cn5)cccc43)nn3c(C(=O)N[C@@H]4C[C@@H]4F)cnc23)cc1. The van der Waals surface area contributed by atoms with Crippen LogP contribution in [0.15, 0.2) is 73.1 Å². The number of imidazole rings is 1. The van der Waals surface area contributed by atoms with Gasteiger partial charge in [-0.15, -0.1) is 5.10 Å². The van der Waals surface area contributed by atoms with E-state index in [-0.39, 0.29) is 11.8 Å². The molecule has 4 aliphatic rings. The van der Waals surface area contributed by atoms with Gasteiger partial charge in [0, 0.05) is 63.2 Å². The number of methoxy groups -OCH3 is 1. The Morgan fingerprint density at radius 2 is 1.73 bits per heavy atom. The van der Waals surface area contributed by atoms with Gasteiger partial charge in [-0.25, -0.2) is 18.7 Å². The van der Waals surface area contributed by atoms with Gasteiger partial charge in [0.1, 0.15) is 17.5 Å². The Balaban J connectivity index is 0.917. The molecule has 2 atom stereocenters. The number of alkyl halides is 1. The zero-order chi connectivity index (χ0) is 41.1. The Hall–Kier alpha value is -5.72. The highest BCUT2D eigenvalue weighted by Gasteiger charge is 2.46. The maximum atomic E-state index is 13.8. The van der Waals surface area contributed by atoms with Crippen molar-refractivity contribution in [3.05, 3.63) is 95.4 Å². The molecule has 59 heavy (non-hydrogen) atoms.